The molecule has 1 aliphatic heterocycles. The summed E-state index contributed by atoms with van der Waals surface area (Å²) in [6.45, 7) is 8.90. The third-order valence-electron chi connectivity index (χ3n) is 4.94. The first-order valence-corrected chi connectivity index (χ1v) is 9.02. The van der Waals surface area contributed by atoms with Crippen molar-refractivity contribution in [3.8, 4) is 0 Å². The fourth-order valence-corrected chi connectivity index (χ4v) is 3.24. The summed E-state index contributed by atoms with van der Waals surface area (Å²) in [7, 11) is 4.12. The Morgan fingerprint density at radius 2 is 2.08 bits per heavy atom. The minimum absolute atomic E-state index is 0.0189. The molecule has 0 bridgehead atoms. The number of carbonyl (C=O) groups excluding carboxylic acids is 1. The largest absolute Gasteiger partial charge is 0.366 e. The normalized spacial score (nSPS) is 17.4. The van der Waals surface area contributed by atoms with Gasteiger partial charge < -0.3 is 20.4 Å². The van der Waals surface area contributed by atoms with Crippen molar-refractivity contribution in [3.05, 3.63) is 18.3 Å². The maximum atomic E-state index is 12.6. The molecule has 1 aliphatic rings. The highest BCUT2D eigenvalue weighted by molar-refractivity contribution is 5.74. The van der Waals surface area contributed by atoms with Crippen molar-refractivity contribution in [2.75, 3.05) is 39.0 Å². The van der Waals surface area contributed by atoms with E-state index < -0.39 is 0 Å². The Balaban J connectivity index is 1.79. The zero-order valence-corrected chi connectivity index (χ0v) is 16.1. The molecule has 1 aromatic heterocycles. The molecule has 7 nitrogen and oxygen atoms in total. The fraction of sp³-hybridized carbons (Fsp3) is 0.722. The van der Waals surface area contributed by atoms with E-state index in [0.717, 1.165) is 38.3 Å². The van der Waals surface area contributed by atoms with Crippen LogP contribution < -0.4 is 10.6 Å². The van der Waals surface area contributed by atoms with Gasteiger partial charge in [-0.1, -0.05) is 13.8 Å². The summed E-state index contributed by atoms with van der Waals surface area (Å²) in [6.07, 6.45) is 3.50. The number of amides is 2. The molecule has 2 rings (SSSR count). The molecule has 2 N–H and O–H groups in total. The first-order valence-electron chi connectivity index (χ1n) is 9.02. The van der Waals surface area contributed by atoms with Crippen LogP contribution in [0.25, 0.3) is 0 Å². The number of hydrogen-bond donors (Lipinski definition) is 2. The second-order valence-corrected chi connectivity index (χ2v) is 7.91. The van der Waals surface area contributed by atoms with Gasteiger partial charge in [0.2, 0.25) is 0 Å². The van der Waals surface area contributed by atoms with Gasteiger partial charge in [-0.3, -0.25) is 0 Å². The van der Waals surface area contributed by atoms with Gasteiger partial charge in [-0.05, 0) is 51.4 Å². The van der Waals surface area contributed by atoms with Crippen molar-refractivity contribution in [1.29, 1.82) is 0 Å². The van der Waals surface area contributed by atoms with E-state index in [-0.39, 0.29) is 17.5 Å². The van der Waals surface area contributed by atoms with Gasteiger partial charge in [0.05, 0.1) is 0 Å². The standard InChI is InChI=1S/C18H32N6O/c1-14(18(2,3)13-23(4)5)20-17(25)24-11-8-15(9-12-24)21-16-7-6-10-19-22-16/h6-7,10,14-15H,8-9,11-13H2,1-5H3,(H,20,25)(H,21,22)/t14-/m1/s1. The molecule has 1 fully saturated rings. The van der Waals surface area contributed by atoms with Crippen LogP contribution in [0.2, 0.25) is 0 Å². The molecule has 0 radical (unpaired) electrons. The molecule has 2 heterocycles. The van der Waals surface area contributed by atoms with E-state index in [1.165, 1.54) is 0 Å². The molecular weight excluding hydrogens is 316 g/mol. The van der Waals surface area contributed by atoms with Crippen LogP contribution in [0.15, 0.2) is 18.3 Å². The quantitative estimate of drug-likeness (QED) is 0.823. The van der Waals surface area contributed by atoms with Crippen molar-refractivity contribution in [3.63, 3.8) is 0 Å². The van der Waals surface area contributed by atoms with Gasteiger partial charge in [-0.2, -0.15) is 5.10 Å². The van der Waals surface area contributed by atoms with Gasteiger partial charge in [-0.15, -0.1) is 5.10 Å². The Morgan fingerprint density at radius 3 is 2.64 bits per heavy atom. The summed E-state index contributed by atoms with van der Waals surface area (Å²) in [5, 5.41) is 14.5. The van der Waals surface area contributed by atoms with Crippen LogP contribution >= 0.6 is 0 Å². The monoisotopic (exact) mass is 348 g/mol. The second kappa shape index (κ2) is 8.47. The van der Waals surface area contributed by atoms with Gasteiger partial charge in [0.1, 0.15) is 5.82 Å². The first-order chi connectivity index (χ1) is 11.8. The van der Waals surface area contributed by atoms with E-state index in [2.05, 4.69) is 60.6 Å². The van der Waals surface area contributed by atoms with Crippen LogP contribution in [0.5, 0.6) is 0 Å². The first kappa shape index (κ1) is 19.4. The van der Waals surface area contributed by atoms with Crippen LogP contribution in [0.3, 0.4) is 0 Å². The maximum absolute atomic E-state index is 12.6. The summed E-state index contributed by atoms with van der Waals surface area (Å²) in [5.41, 5.74) is 0.0189. The van der Waals surface area contributed by atoms with Gasteiger partial charge in [0, 0.05) is 37.9 Å². The number of nitrogens with one attached hydrogen (secondary N) is 2. The van der Waals surface area contributed by atoms with Gasteiger partial charge in [-0.25, -0.2) is 4.79 Å². The highest BCUT2D eigenvalue weighted by atomic mass is 16.2. The van der Waals surface area contributed by atoms with Crippen LogP contribution in [0.1, 0.15) is 33.6 Å². The molecule has 1 atom stereocenters. The molecule has 0 spiro atoms. The van der Waals surface area contributed by atoms with Crippen molar-refractivity contribution in [2.45, 2.75) is 45.7 Å². The third-order valence-corrected chi connectivity index (χ3v) is 4.94. The molecule has 2 amide bonds. The number of anilines is 1. The second-order valence-electron chi connectivity index (χ2n) is 7.91. The zero-order valence-electron chi connectivity index (χ0n) is 16.1. The molecule has 0 unspecified atom stereocenters. The lowest BCUT2D eigenvalue weighted by Crippen LogP contribution is -2.53. The van der Waals surface area contributed by atoms with Gasteiger partial charge >= 0.3 is 6.03 Å². The Kier molecular flexibility index (Phi) is 6.58. The number of rotatable bonds is 6. The lowest BCUT2D eigenvalue weighted by molar-refractivity contribution is 0.153. The van der Waals surface area contributed by atoms with Crippen molar-refractivity contribution >= 4 is 11.8 Å². The highest BCUT2D eigenvalue weighted by Gasteiger charge is 2.30. The number of piperidine rings is 1. The number of likely N-dealkylation sites (tertiary alicyclic amines) is 1. The number of urea groups is 1. The molecule has 0 aliphatic carbocycles. The number of hydrogen-bond acceptors (Lipinski definition) is 5. The lowest BCUT2D eigenvalue weighted by atomic mass is 9.85. The number of aromatic nitrogens is 2. The predicted molar refractivity (Wildman–Crippen MR) is 101 cm³/mol. The minimum atomic E-state index is 0.0189. The molecule has 0 saturated carbocycles. The maximum Gasteiger partial charge on any atom is 0.317 e. The Bertz CT molecular complexity index is 540. The van der Waals surface area contributed by atoms with Crippen LogP contribution in [-0.4, -0.2) is 71.8 Å². The number of nitrogens with zero attached hydrogens (tertiary/aromatic N) is 4. The molecule has 0 aromatic carbocycles. The Labute approximate surface area is 151 Å². The number of carbonyl (C=O) groups is 1. The van der Waals surface area contributed by atoms with Crippen LogP contribution in [0.4, 0.5) is 10.6 Å². The van der Waals surface area contributed by atoms with Gasteiger partial charge in [0.25, 0.3) is 0 Å². The van der Waals surface area contributed by atoms with E-state index in [4.69, 9.17) is 0 Å². The predicted octanol–water partition coefficient (Wildman–Crippen LogP) is 2.04. The molecule has 1 aromatic rings. The summed E-state index contributed by atoms with van der Waals surface area (Å²) in [6, 6.07) is 4.27. The smallest absolute Gasteiger partial charge is 0.317 e. The molecule has 140 valence electrons. The lowest BCUT2D eigenvalue weighted by Gasteiger charge is -2.38. The fourth-order valence-electron chi connectivity index (χ4n) is 3.24. The summed E-state index contributed by atoms with van der Waals surface area (Å²) >= 11 is 0. The molecule has 7 heteroatoms. The summed E-state index contributed by atoms with van der Waals surface area (Å²) in [4.78, 5) is 16.6. The third kappa shape index (κ3) is 5.85. The molecule has 1 saturated heterocycles. The Morgan fingerprint density at radius 1 is 1.40 bits per heavy atom. The topological polar surface area (TPSA) is 73.4 Å². The molecular formula is C18H32N6O. The van der Waals surface area contributed by atoms with Crippen LogP contribution in [0, 0.1) is 5.41 Å². The average molecular weight is 348 g/mol. The van der Waals surface area contributed by atoms with E-state index in [9.17, 15) is 4.79 Å². The zero-order chi connectivity index (χ0) is 18.4. The van der Waals surface area contributed by atoms with E-state index >= 15 is 0 Å². The van der Waals surface area contributed by atoms with Crippen molar-refractivity contribution < 1.29 is 4.79 Å². The van der Waals surface area contributed by atoms with Crippen LogP contribution in [-0.2, 0) is 0 Å². The summed E-state index contributed by atoms with van der Waals surface area (Å²) < 4.78 is 0. The van der Waals surface area contributed by atoms with E-state index in [1.807, 2.05) is 17.0 Å². The highest BCUT2D eigenvalue weighted by Crippen LogP contribution is 2.22. The van der Waals surface area contributed by atoms with E-state index in [0.29, 0.717) is 6.04 Å². The van der Waals surface area contributed by atoms with Crippen molar-refractivity contribution in [2.24, 2.45) is 5.41 Å². The van der Waals surface area contributed by atoms with E-state index in [1.54, 1.807) is 6.20 Å². The summed E-state index contributed by atoms with van der Waals surface area (Å²) in [5.74, 6) is 0.796. The Hall–Kier alpha value is -1.89. The van der Waals surface area contributed by atoms with Crippen molar-refractivity contribution in [1.82, 2.24) is 25.3 Å². The van der Waals surface area contributed by atoms with Gasteiger partial charge in [0.15, 0.2) is 0 Å². The minimum Gasteiger partial charge on any atom is -0.366 e. The SMILES string of the molecule is C[C@@H](NC(=O)N1CCC(Nc2cccnn2)CC1)C(C)(C)CN(C)C. The average Bonchev–Trinajstić information content (AvgIpc) is 2.55. The molecule has 25 heavy (non-hydrogen) atoms.